The number of amides is 1. The molecule has 45 heavy (non-hydrogen) atoms. The Morgan fingerprint density at radius 1 is 0.889 bits per heavy atom. The first-order chi connectivity index (χ1) is 21.9. The number of benzene rings is 1. The second kappa shape index (κ2) is 18.1. The van der Waals surface area contributed by atoms with E-state index in [0.29, 0.717) is 18.0 Å². The van der Waals surface area contributed by atoms with Crippen LogP contribution in [0.3, 0.4) is 0 Å². The van der Waals surface area contributed by atoms with Crippen LogP contribution < -0.4 is 4.90 Å². The molecule has 10 heteroatoms. The van der Waals surface area contributed by atoms with Crippen molar-refractivity contribution in [2.45, 2.75) is 104 Å². The van der Waals surface area contributed by atoms with Crippen molar-refractivity contribution in [1.29, 1.82) is 0 Å². The molecule has 0 aliphatic carbocycles. The summed E-state index contributed by atoms with van der Waals surface area (Å²) in [6, 6.07) is 9.64. The lowest BCUT2D eigenvalue weighted by molar-refractivity contribution is -0.0723. The van der Waals surface area contributed by atoms with E-state index in [0.717, 1.165) is 66.7 Å². The number of anilines is 2. The van der Waals surface area contributed by atoms with E-state index in [-0.39, 0.29) is 0 Å². The largest absolute Gasteiger partial charge is 0.511 e. The minimum Gasteiger partial charge on any atom is -0.434 e. The van der Waals surface area contributed by atoms with Gasteiger partial charge in [-0.05, 0) is 38.6 Å². The first-order valence-electron chi connectivity index (χ1n) is 16.9. The van der Waals surface area contributed by atoms with Gasteiger partial charge in [0, 0.05) is 38.0 Å². The lowest BCUT2D eigenvalue weighted by atomic mass is 10.1. The zero-order chi connectivity index (χ0) is 32.0. The van der Waals surface area contributed by atoms with E-state index < -0.39 is 18.5 Å². The first-order valence-corrected chi connectivity index (χ1v) is 17.7. The summed E-state index contributed by atoms with van der Waals surface area (Å²) < 4.78 is 16.2. The van der Waals surface area contributed by atoms with E-state index in [9.17, 15) is 9.59 Å². The zero-order valence-corrected chi connectivity index (χ0v) is 28.5. The third-order valence-electron chi connectivity index (χ3n) is 8.36. The van der Waals surface area contributed by atoms with Gasteiger partial charge in [0.05, 0.1) is 23.5 Å². The molecule has 0 bridgehead atoms. The van der Waals surface area contributed by atoms with Gasteiger partial charge in [-0.1, -0.05) is 89.7 Å². The predicted octanol–water partition coefficient (Wildman–Crippen LogP) is 9.17. The number of aliphatic imine (C=N–C) groups is 1. The van der Waals surface area contributed by atoms with Crippen molar-refractivity contribution in [3.63, 3.8) is 0 Å². The van der Waals surface area contributed by atoms with Gasteiger partial charge in [-0.3, -0.25) is 0 Å². The Labute approximate surface area is 273 Å². The maximum atomic E-state index is 13.7. The van der Waals surface area contributed by atoms with Crippen molar-refractivity contribution in [3.05, 3.63) is 40.8 Å². The summed E-state index contributed by atoms with van der Waals surface area (Å²) in [6.07, 6.45) is 12.3. The maximum Gasteiger partial charge on any atom is 0.511 e. The fourth-order valence-electron chi connectivity index (χ4n) is 5.79. The smallest absolute Gasteiger partial charge is 0.434 e. The van der Waals surface area contributed by atoms with E-state index in [1.807, 2.05) is 31.2 Å². The normalized spacial score (nSPS) is 15.5. The molecule has 9 nitrogen and oxygen atoms in total. The van der Waals surface area contributed by atoms with Gasteiger partial charge in [-0.15, -0.1) is 11.3 Å². The highest BCUT2D eigenvalue weighted by Crippen LogP contribution is 2.44. The quantitative estimate of drug-likeness (QED) is 0.109. The molecule has 2 aliphatic heterocycles. The van der Waals surface area contributed by atoms with E-state index in [1.54, 1.807) is 4.90 Å². The van der Waals surface area contributed by atoms with Gasteiger partial charge in [-0.25, -0.2) is 19.5 Å². The third kappa shape index (κ3) is 10.5. The van der Waals surface area contributed by atoms with Gasteiger partial charge in [0.2, 0.25) is 6.29 Å². The summed E-state index contributed by atoms with van der Waals surface area (Å²) in [5, 5.41) is 0.738. The molecule has 248 valence electrons. The molecule has 1 unspecified atom stereocenters. The molecule has 4 rings (SSSR count). The Kier molecular flexibility index (Phi) is 14.0. The Morgan fingerprint density at radius 2 is 1.51 bits per heavy atom. The molecule has 0 radical (unpaired) electrons. The molecule has 1 atom stereocenters. The monoisotopic (exact) mass is 640 g/mol. The molecule has 1 amide bonds. The Hall–Kier alpha value is -3.11. The number of likely N-dealkylation sites (N-methyl/N-ethyl adjacent to an activating group) is 1. The second-order valence-corrected chi connectivity index (χ2v) is 13.4. The van der Waals surface area contributed by atoms with Crippen molar-refractivity contribution in [2.75, 3.05) is 44.7 Å². The van der Waals surface area contributed by atoms with Crippen LogP contribution in [-0.4, -0.2) is 74.0 Å². The van der Waals surface area contributed by atoms with E-state index in [2.05, 4.69) is 29.8 Å². The van der Waals surface area contributed by atoms with Crippen LogP contribution in [-0.2, 0) is 14.2 Å². The molecule has 1 fully saturated rings. The Bertz CT molecular complexity index is 1260. The topological polar surface area (TPSA) is 83.9 Å². The van der Waals surface area contributed by atoms with Gasteiger partial charge >= 0.3 is 12.2 Å². The van der Waals surface area contributed by atoms with Gasteiger partial charge in [-0.2, -0.15) is 0 Å². The zero-order valence-electron chi connectivity index (χ0n) is 27.7. The van der Waals surface area contributed by atoms with E-state index >= 15 is 0 Å². The number of fused-ring (bicyclic) bond motifs is 2. The summed E-state index contributed by atoms with van der Waals surface area (Å²) in [5.74, 6) is 0.857. The SMILES string of the molecule is CCCCCCCCCCCCCCOC(=O)OC(C)OC(=O)N1c2ccccc2N=C(N2CCN(C)CC2)c2cc(C)sc21. The van der Waals surface area contributed by atoms with Crippen LogP contribution in [0.4, 0.5) is 26.0 Å². The number of unbranched alkanes of at least 4 members (excludes halogenated alkanes) is 11. The summed E-state index contributed by atoms with van der Waals surface area (Å²) in [5.41, 5.74) is 2.20. The minimum atomic E-state index is -1.12. The van der Waals surface area contributed by atoms with Crippen LogP contribution in [0.1, 0.15) is 101 Å². The number of carbonyl (C=O) groups excluding carboxylic acids is 2. The third-order valence-corrected chi connectivity index (χ3v) is 9.40. The summed E-state index contributed by atoms with van der Waals surface area (Å²) >= 11 is 1.51. The highest BCUT2D eigenvalue weighted by atomic mass is 32.1. The second-order valence-electron chi connectivity index (χ2n) is 12.2. The number of hydrogen-bond acceptors (Lipinski definition) is 9. The molecule has 0 N–H and O–H groups in total. The Balaban J connectivity index is 1.24. The molecular formula is C35H52N4O5S. The fraction of sp³-hybridized carbons (Fsp3) is 0.629. The van der Waals surface area contributed by atoms with Crippen molar-refractivity contribution < 1.29 is 23.8 Å². The van der Waals surface area contributed by atoms with Crippen LogP contribution in [0.2, 0.25) is 0 Å². The van der Waals surface area contributed by atoms with Gasteiger partial charge in [0.1, 0.15) is 10.8 Å². The standard InChI is InChI=1S/C35H52N4O5S/c1-5-6-7-8-9-10-11-12-13-14-15-18-25-42-35(41)44-28(3)43-34(40)39-31-20-17-16-19-30(31)36-32(29-26-27(2)45-33(29)39)38-23-21-37(4)22-24-38/h16-17,19-20,26,28H,5-15,18,21-25H2,1-4H3. The first kappa shape index (κ1) is 34.8. The Morgan fingerprint density at radius 3 is 2.18 bits per heavy atom. The number of piperazine rings is 1. The molecule has 0 saturated carbocycles. The number of hydrogen-bond donors (Lipinski definition) is 0. The van der Waals surface area contributed by atoms with E-state index in [4.69, 9.17) is 19.2 Å². The molecule has 1 saturated heterocycles. The summed E-state index contributed by atoms with van der Waals surface area (Å²) in [7, 11) is 2.12. The molecule has 1 aromatic carbocycles. The average molecular weight is 641 g/mol. The van der Waals surface area contributed by atoms with E-state index in [1.165, 1.54) is 76.0 Å². The summed E-state index contributed by atoms with van der Waals surface area (Å²) in [4.78, 5) is 38.3. The number of nitrogens with zero attached hydrogens (tertiary/aromatic N) is 4. The number of amidine groups is 1. The number of carbonyl (C=O) groups is 2. The molecule has 1 aromatic heterocycles. The minimum absolute atomic E-state index is 0.292. The van der Waals surface area contributed by atoms with Crippen LogP contribution >= 0.6 is 11.3 Å². The van der Waals surface area contributed by atoms with Crippen LogP contribution in [0.25, 0.3) is 0 Å². The van der Waals surface area contributed by atoms with Crippen molar-refractivity contribution >= 4 is 45.8 Å². The molecule has 0 spiro atoms. The number of thiophene rings is 1. The van der Waals surface area contributed by atoms with Crippen molar-refractivity contribution in [1.82, 2.24) is 9.80 Å². The highest BCUT2D eigenvalue weighted by molar-refractivity contribution is 7.16. The van der Waals surface area contributed by atoms with Crippen LogP contribution in [0.15, 0.2) is 35.3 Å². The molecular weight excluding hydrogens is 588 g/mol. The number of para-hydroxylation sites is 2. The maximum absolute atomic E-state index is 13.7. The molecule has 2 aromatic rings. The lowest BCUT2D eigenvalue weighted by Crippen LogP contribution is -2.47. The number of aryl methyl sites for hydroxylation is 1. The molecule has 2 aliphatic rings. The van der Waals surface area contributed by atoms with Crippen molar-refractivity contribution in [3.8, 4) is 0 Å². The van der Waals surface area contributed by atoms with Gasteiger partial charge < -0.3 is 24.0 Å². The van der Waals surface area contributed by atoms with Gasteiger partial charge in [0.25, 0.3) is 0 Å². The molecule has 3 heterocycles. The highest BCUT2D eigenvalue weighted by Gasteiger charge is 2.34. The number of rotatable bonds is 15. The van der Waals surface area contributed by atoms with Crippen LogP contribution in [0, 0.1) is 6.92 Å². The lowest BCUT2D eigenvalue weighted by Gasteiger charge is -2.34. The predicted molar refractivity (Wildman–Crippen MR) is 182 cm³/mol. The number of ether oxygens (including phenoxy) is 3. The van der Waals surface area contributed by atoms with Gasteiger partial charge in [0.15, 0.2) is 0 Å². The van der Waals surface area contributed by atoms with Crippen LogP contribution in [0.5, 0.6) is 0 Å². The average Bonchev–Trinajstić information content (AvgIpc) is 3.33. The summed E-state index contributed by atoms with van der Waals surface area (Å²) in [6.45, 7) is 9.67. The fourth-order valence-corrected chi connectivity index (χ4v) is 6.79. The van der Waals surface area contributed by atoms with Crippen molar-refractivity contribution in [2.24, 2.45) is 4.99 Å².